The summed E-state index contributed by atoms with van der Waals surface area (Å²) in [6, 6.07) is 0.412. The van der Waals surface area contributed by atoms with Crippen LogP contribution in [0.1, 0.15) is 38.5 Å². The summed E-state index contributed by atoms with van der Waals surface area (Å²) in [6.45, 7) is 3.47. The van der Waals surface area contributed by atoms with Gasteiger partial charge in [-0.15, -0.1) is 0 Å². The van der Waals surface area contributed by atoms with Gasteiger partial charge in [0.25, 0.3) is 0 Å². The van der Waals surface area contributed by atoms with E-state index < -0.39 is 0 Å². The van der Waals surface area contributed by atoms with Crippen molar-refractivity contribution in [3.63, 3.8) is 0 Å². The first kappa shape index (κ1) is 12.9. The molecule has 0 amide bonds. The molecule has 1 atom stereocenters. The van der Waals surface area contributed by atoms with E-state index >= 15 is 0 Å². The van der Waals surface area contributed by atoms with Crippen molar-refractivity contribution in [3.8, 4) is 0 Å². The molecule has 1 saturated heterocycles. The molecule has 1 fully saturated rings. The first-order chi connectivity index (χ1) is 7.38. The molecule has 0 bridgehead atoms. The molecule has 15 heavy (non-hydrogen) atoms. The number of unbranched alkanes of at least 4 members (excludes halogenated alkanes) is 1. The quantitative estimate of drug-likeness (QED) is 0.684. The molecule has 1 aliphatic rings. The fraction of sp³-hybridized carbons (Fsp3) is 1.00. The number of hydrogen-bond donors (Lipinski definition) is 1. The Hall–Kier alpha value is -0.120. The molecule has 1 N–H and O–H groups in total. The van der Waals surface area contributed by atoms with E-state index in [9.17, 15) is 5.11 Å². The zero-order valence-electron chi connectivity index (χ0n) is 9.95. The van der Waals surface area contributed by atoms with Crippen LogP contribution in [0.3, 0.4) is 0 Å². The normalized spacial score (nSPS) is 24.0. The lowest BCUT2D eigenvalue weighted by Crippen LogP contribution is -2.38. The second-order valence-electron chi connectivity index (χ2n) is 4.42. The average molecular weight is 215 g/mol. The lowest BCUT2D eigenvalue weighted by atomic mass is 10.1. The molecule has 0 aromatic heterocycles. The number of aliphatic hydroxyl groups excluding tert-OH is 1. The molecule has 0 aromatic carbocycles. The zero-order valence-corrected chi connectivity index (χ0v) is 9.95. The van der Waals surface area contributed by atoms with Crippen LogP contribution >= 0.6 is 0 Å². The van der Waals surface area contributed by atoms with E-state index in [1.165, 1.54) is 32.1 Å². The Bertz CT molecular complexity index is 153. The summed E-state index contributed by atoms with van der Waals surface area (Å²) in [4.78, 5) is 2.46. The molecular weight excluding hydrogens is 190 g/mol. The SMILES string of the molecule is COCCCCN1CCCCCC1CO. The minimum absolute atomic E-state index is 0.324. The third-order valence-electron chi connectivity index (χ3n) is 3.25. The molecule has 90 valence electrons. The minimum Gasteiger partial charge on any atom is -0.395 e. The van der Waals surface area contributed by atoms with Crippen molar-refractivity contribution in [2.75, 3.05) is 33.4 Å². The molecule has 0 radical (unpaired) electrons. The van der Waals surface area contributed by atoms with Gasteiger partial charge in [0.2, 0.25) is 0 Å². The van der Waals surface area contributed by atoms with Crippen molar-refractivity contribution >= 4 is 0 Å². The van der Waals surface area contributed by atoms with Crippen molar-refractivity contribution in [2.24, 2.45) is 0 Å². The maximum Gasteiger partial charge on any atom is 0.0586 e. The Morgan fingerprint density at radius 2 is 2.13 bits per heavy atom. The van der Waals surface area contributed by atoms with Crippen LogP contribution in [0.25, 0.3) is 0 Å². The van der Waals surface area contributed by atoms with E-state index in [1.54, 1.807) is 7.11 Å². The van der Waals surface area contributed by atoms with E-state index in [0.29, 0.717) is 12.6 Å². The van der Waals surface area contributed by atoms with Crippen LogP contribution in [0.15, 0.2) is 0 Å². The standard InChI is InChI=1S/C12H25NO2/c1-15-10-6-5-9-13-8-4-2-3-7-12(13)11-14/h12,14H,2-11H2,1H3. The summed E-state index contributed by atoms with van der Waals surface area (Å²) >= 11 is 0. The van der Waals surface area contributed by atoms with Gasteiger partial charge in [0.05, 0.1) is 6.61 Å². The van der Waals surface area contributed by atoms with Gasteiger partial charge < -0.3 is 9.84 Å². The first-order valence-corrected chi connectivity index (χ1v) is 6.22. The Balaban J connectivity index is 2.22. The maximum atomic E-state index is 9.32. The summed E-state index contributed by atoms with van der Waals surface area (Å²) < 4.78 is 5.04. The summed E-state index contributed by atoms with van der Waals surface area (Å²) in [5.74, 6) is 0. The number of nitrogens with zero attached hydrogens (tertiary/aromatic N) is 1. The third-order valence-corrected chi connectivity index (χ3v) is 3.25. The molecule has 3 heteroatoms. The van der Waals surface area contributed by atoms with Crippen LogP contribution in [0.5, 0.6) is 0 Å². The smallest absolute Gasteiger partial charge is 0.0586 e. The van der Waals surface area contributed by atoms with Crippen molar-refractivity contribution in [1.29, 1.82) is 0 Å². The number of ether oxygens (including phenoxy) is 1. The highest BCUT2D eigenvalue weighted by atomic mass is 16.5. The van der Waals surface area contributed by atoms with Crippen molar-refractivity contribution in [1.82, 2.24) is 4.90 Å². The molecular formula is C12H25NO2. The lowest BCUT2D eigenvalue weighted by molar-refractivity contribution is 0.118. The minimum atomic E-state index is 0.324. The zero-order chi connectivity index (χ0) is 10.9. The van der Waals surface area contributed by atoms with Gasteiger partial charge in [-0.3, -0.25) is 4.90 Å². The highest BCUT2D eigenvalue weighted by molar-refractivity contribution is 4.74. The van der Waals surface area contributed by atoms with Crippen LogP contribution in [-0.2, 0) is 4.74 Å². The van der Waals surface area contributed by atoms with Crippen molar-refractivity contribution in [2.45, 2.75) is 44.6 Å². The van der Waals surface area contributed by atoms with Crippen LogP contribution in [-0.4, -0.2) is 49.5 Å². The topological polar surface area (TPSA) is 32.7 Å². The van der Waals surface area contributed by atoms with Crippen molar-refractivity contribution < 1.29 is 9.84 Å². The molecule has 3 nitrogen and oxygen atoms in total. The largest absolute Gasteiger partial charge is 0.395 e. The monoisotopic (exact) mass is 215 g/mol. The van der Waals surface area contributed by atoms with Crippen molar-refractivity contribution in [3.05, 3.63) is 0 Å². The van der Waals surface area contributed by atoms with Crippen LogP contribution in [0.4, 0.5) is 0 Å². The number of aliphatic hydroxyl groups is 1. The Morgan fingerprint density at radius 1 is 1.27 bits per heavy atom. The molecule has 0 saturated carbocycles. The molecule has 0 aliphatic carbocycles. The van der Waals surface area contributed by atoms with Gasteiger partial charge in [-0.05, 0) is 38.8 Å². The average Bonchev–Trinajstić information content (AvgIpc) is 2.49. The third kappa shape index (κ3) is 4.96. The van der Waals surface area contributed by atoms with E-state index in [1.807, 2.05) is 0 Å². The second-order valence-corrected chi connectivity index (χ2v) is 4.42. The molecule has 1 heterocycles. The number of rotatable bonds is 6. The van der Waals surface area contributed by atoms with Gasteiger partial charge in [0.15, 0.2) is 0 Å². The fourth-order valence-electron chi connectivity index (χ4n) is 2.30. The van der Waals surface area contributed by atoms with E-state index in [-0.39, 0.29) is 0 Å². The van der Waals surface area contributed by atoms with E-state index in [0.717, 1.165) is 26.1 Å². The summed E-state index contributed by atoms with van der Waals surface area (Å²) in [5, 5.41) is 9.32. The van der Waals surface area contributed by atoms with Gasteiger partial charge in [-0.2, -0.15) is 0 Å². The van der Waals surface area contributed by atoms with Gasteiger partial charge >= 0.3 is 0 Å². The van der Waals surface area contributed by atoms with Gasteiger partial charge in [0.1, 0.15) is 0 Å². The van der Waals surface area contributed by atoms with Gasteiger partial charge in [-0.1, -0.05) is 12.8 Å². The Kier molecular flexibility index (Phi) is 6.98. The van der Waals surface area contributed by atoms with Gasteiger partial charge in [0, 0.05) is 19.8 Å². The first-order valence-electron chi connectivity index (χ1n) is 6.22. The number of hydrogen-bond acceptors (Lipinski definition) is 3. The molecule has 0 aromatic rings. The molecule has 1 aliphatic heterocycles. The van der Waals surface area contributed by atoms with E-state index in [4.69, 9.17) is 4.74 Å². The van der Waals surface area contributed by atoms with Crippen LogP contribution in [0.2, 0.25) is 0 Å². The Labute approximate surface area is 93.4 Å². The predicted octanol–water partition coefficient (Wildman–Crippen LogP) is 1.65. The van der Waals surface area contributed by atoms with Crippen LogP contribution in [0, 0.1) is 0 Å². The summed E-state index contributed by atoms with van der Waals surface area (Å²) in [5.41, 5.74) is 0. The number of methoxy groups -OCH3 is 1. The number of likely N-dealkylation sites (tertiary alicyclic amines) is 1. The highest BCUT2D eigenvalue weighted by Crippen LogP contribution is 2.16. The molecule has 1 unspecified atom stereocenters. The summed E-state index contributed by atoms with van der Waals surface area (Å²) in [6.07, 6.45) is 7.38. The molecule has 0 spiro atoms. The highest BCUT2D eigenvalue weighted by Gasteiger charge is 2.19. The fourth-order valence-corrected chi connectivity index (χ4v) is 2.30. The van der Waals surface area contributed by atoms with Gasteiger partial charge in [-0.25, -0.2) is 0 Å². The predicted molar refractivity (Wildman–Crippen MR) is 62.0 cm³/mol. The Morgan fingerprint density at radius 3 is 2.87 bits per heavy atom. The summed E-state index contributed by atoms with van der Waals surface area (Å²) in [7, 11) is 1.75. The van der Waals surface area contributed by atoms with Crippen LogP contribution < -0.4 is 0 Å². The molecule has 1 rings (SSSR count). The maximum absolute atomic E-state index is 9.32. The van der Waals surface area contributed by atoms with E-state index in [2.05, 4.69) is 4.90 Å². The lowest BCUT2D eigenvalue weighted by Gasteiger charge is -2.28. The second kappa shape index (κ2) is 8.08.